The lowest BCUT2D eigenvalue weighted by Gasteiger charge is -2.17. The Balaban J connectivity index is 2.21. The van der Waals surface area contributed by atoms with Crippen LogP contribution in [0.2, 0.25) is 0 Å². The average Bonchev–Trinajstić information content (AvgIpc) is 2.76. The number of hydrogen-bond donors (Lipinski definition) is 0. The molecule has 166 valence electrons. The van der Waals surface area contributed by atoms with Crippen LogP contribution >= 0.6 is 0 Å². The van der Waals surface area contributed by atoms with Crippen LogP contribution < -0.4 is 4.74 Å². The van der Waals surface area contributed by atoms with Gasteiger partial charge in [-0.3, -0.25) is 4.79 Å². The van der Waals surface area contributed by atoms with Gasteiger partial charge in [0, 0.05) is 11.6 Å². The summed E-state index contributed by atoms with van der Waals surface area (Å²) in [5.74, 6) is -10.0. The zero-order chi connectivity index (χ0) is 24.5. The fourth-order valence-electron chi connectivity index (χ4n) is 2.86. The second-order valence-electron chi connectivity index (χ2n) is 6.39. The first-order valence-electron chi connectivity index (χ1n) is 8.69. The molecule has 11 heteroatoms. The molecule has 1 aliphatic carbocycles. The zero-order valence-corrected chi connectivity index (χ0v) is 15.9. The van der Waals surface area contributed by atoms with Gasteiger partial charge >= 0.3 is 6.18 Å². The summed E-state index contributed by atoms with van der Waals surface area (Å²) >= 11 is 0. The van der Waals surface area contributed by atoms with E-state index in [-0.39, 0.29) is 0 Å². The van der Waals surface area contributed by atoms with E-state index < -0.39 is 74.6 Å². The van der Waals surface area contributed by atoms with Crippen LogP contribution in [0.4, 0.5) is 30.7 Å². The first-order valence-corrected chi connectivity index (χ1v) is 8.69. The molecule has 0 amide bonds. The molecule has 2 aromatic rings. The van der Waals surface area contributed by atoms with Gasteiger partial charge in [0.15, 0.2) is 29.1 Å². The lowest BCUT2D eigenvalue weighted by Crippen LogP contribution is -2.11. The van der Waals surface area contributed by atoms with E-state index in [0.29, 0.717) is 12.1 Å². The fraction of sp³-hybridized carbons (Fsp3) is 0.0455. The molecular weight excluding hydrogens is 457 g/mol. The summed E-state index contributed by atoms with van der Waals surface area (Å²) in [6.45, 7) is 0. The molecule has 1 aliphatic rings. The van der Waals surface area contributed by atoms with Gasteiger partial charge in [-0.15, -0.1) is 0 Å². The van der Waals surface area contributed by atoms with Gasteiger partial charge in [-0.25, -0.2) is 17.6 Å². The predicted molar refractivity (Wildman–Crippen MR) is 97.8 cm³/mol. The molecule has 0 N–H and O–H groups in total. The van der Waals surface area contributed by atoms with E-state index in [1.165, 1.54) is 6.07 Å². The topological polar surface area (TPSA) is 73.9 Å². The highest BCUT2D eigenvalue weighted by molar-refractivity contribution is 6.03. The maximum Gasteiger partial charge on any atom is 0.416 e. The van der Waals surface area contributed by atoms with Gasteiger partial charge in [0.1, 0.15) is 29.2 Å². The number of ketones is 1. The number of ether oxygens (including phenoxy) is 1. The standard InChI is InChI=1S/C22H7F7N2O2/c23-18-15(9-31)19(24)21(26)17(20(18)25)14(8-30)13-5-4-11(32)7-16(13)33-12-3-1-2-10(6-12)22(27,28)29/h1-7H/b14-13+. The minimum absolute atomic E-state index is 0.452. The Morgan fingerprint density at radius 2 is 1.58 bits per heavy atom. The summed E-state index contributed by atoms with van der Waals surface area (Å²) in [6, 6.07) is 5.66. The largest absolute Gasteiger partial charge is 0.457 e. The number of nitrogens with zero attached hydrogens (tertiary/aromatic N) is 2. The third-order valence-corrected chi connectivity index (χ3v) is 4.35. The summed E-state index contributed by atoms with van der Waals surface area (Å²) in [6.07, 6.45) is -2.36. The van der Waals surface area contributed by atoms with Crippen LogP contribution in [0.15, 0.2) is 53.8 Å². The Kier molecular flexibility index (Phi) is 6.09. The number of allylic oxidation sites excluding steroid dienone is 4. The molecule has 33 heavy (non-hydrogen) atoms. The van der Waals surface area contributed by atoms with Crippen molar-refractivity contribution in [3.63, 3.8) is 0 Å². The van der Waals surface area contributed by atoms with Crippen molar-refractivity contribution in [3.8, 4) is 17.9 Å². The van der Waals surface area contributed by atoms with Gasteiger partial charge in [-0.05, 0) is 30.4 Å². The van der Waals surface area contributed by atoms with E-state index in [1.807, 2.05) is 0 Å². The van der Waals surface area contributed by atoms with Gasteiger partial charge in [0.05, 0.1) is 16.7 Å². The van der Waals surface area contributed by atoms with Gasteiger partial charge in [-0.1, -0.05) is 6.07 Å². The third kappa shape index (κ3) is 4.34. The van der Waals surface area contributed by atoms with E-state index in [9.17, 15) is 40.8 Å². The van der Waals surface area contributed by atoms with E-state index >= 15 is 0 Å². The third-order valence-electron chi connectivity index (χ3n) is 4.35. The highest BCUT2D eigenvalue weighted by Gasteiger charge is 2.32. The molecule has 0 saturated heterocycles. The highest BCUT2D eigenvalue weighted by atomic mass is 19.4. The van der Waals surface area contributed by atoms with Gasteiger partial charge in [-0.2, -0.15) is 23.7 Å². The van der Waals surface area contributed by atoms with E-state index in [4.69, 9.17) is 10.00 Å². The molecule has 0 aromatic heterocycles. The fourth-order valence-corrected chi connectivity index (χ4v) is 2.86. The average molecular weight is 464 g/mol. The molecule has 0 aliphatic heterocycles. The van der Waals surface area contributed by atoms with Crippen molar-refractivity contribution in [1.29, 1.82) is 10.5 Å². The molecule has 0 unspecified atom stereocenters. The summed E-state index contributed by atoms with van der Waals surface area (Å²) < 4.78 is 101. The van der Waals surface area contributed by atoms with Crippen molar-refractivity contribution >= 4 is 11.4 Å². The quantitative estimate of drug-likeness (QED) is 0.341. The normalized spacial score (nSPS) is 14.9. The van der Waals surface area contributed by atoms with Crippen molar-refractivity contribution in [2.45, 2.75) is 6.18 Å². The number of benzene rings is 2. The van der Waals surface area contributed by atoms with Crippen molar-refractivity contribution in [3.05, 3.63) is 93.8 Å². The molecule has 0 radical (unpaired) electrons. The highest BCUT2D eigenvalue weighted by Crippen LogP contribution is 2.36. The first-order chi connectivity index (χ1) is 15.5. The maximum atomic E-state index is 14.5. The Morgan fingerprint density at radius 3 is 2.12 bits per heavy atom. The monoisotopic (exact) mass is 464 g/mol. The van der Waals surface area contributed by atoms with Crippen molar-refractivity contribution < 1.29 is 40.3 Å². The second-order valence-corrected chi connectivity index (χ2v) is 6.39. The molecule has 0 saturated carbocycles. The molecule has 0 fully saturated rings. The Hall–Kier alpha value is -4.38. The molecular formula is C22H7F7N2O2. The summed E-state index contributed by atoms with van der Waals surface area (Å²) in [5, 5.41) is 18.2. The van der Waals surface area contributed by atoms with Gasteiger partial charge < -0.3 is 4.74 Å². The Bertz CT molecular complexity index is 1330. The minimum Gasteiger partial charge on any atom is -0.457 e. The summed E-state index contributed by atoms with van der Waals surface area (Å²) in [5.41, 5.74) is -5.73. The van der Waals surface area contributed by atoms with Crippen LogP contribution in [0.5, 0.6) is 5.75 Å². The van der Waals surface area contributed by atoms with Crippen LogP contribution in [0.1, 0.15) is 16.7 Å². The maximum absolute atomic E-state index is 14.5. The predicted octanol–water partition coefficient (Wildman–Crippen LogP) is 5.51. The molecule has 4 nitrogen and oxygen atoms in total. The molecule has 0 atom stereocenters. The number of carbonyl (C=O) groups is 1. The van der Waals surface area contributed by atoms with Crippen LogP contribution in [0.25, 0.3) is 5.57 Å². The molecule has 3 rings (SSSR count). The lowest BCUT2D eigenvalue weighted by atomic mass is 9.94. The Morgan fingerprint density at radius 1 is 0.939 bits per heavy atom. The van der Waals surface area contributed by atoms with Crippen LogP contribution in [-0.2, 0) is 11.0 Å². The van der Waals surface area contributed by atoms with Gasteiger partial charge in [0.25, 0.3) is 0 Å². The first kappa shape index (κ1) is 23.3. The Labute approximate surface area is 180 Å². The van der Waals surface area contributed by atoms with Gasteiger partial charge in [0.2, 0.25) is 0 Å². The summed E-state index contributed by atoms with van der Waals surface area (Å²) in [4.78, 5) is 11.8. The molecule has 0 spiro atoms. The van der Waals surface area contributed by atoms with Crippen molar-refractivity contribution in [1.82, 2.24) is 0 Å². The minimum atomic E-state index is -4.74. The number of alkyl halides is 3. The van der Waals surface area contributed by atoms with E-state index in [1.54, 1.807) is 0 Å². The number of halogens is 7. The van der Waals surface area contributed by atoms with Crippen molar-refractivity contribution in [2.24, 2.45) is 0 Å². The number of carbonyl (C=O) groups excluding carboxylic acids is 1. The molecule has 2 aromatic carbocycles. The van der Waals surface area contributed by atoms with E-state index in [2.05, 4.69) is 0 Å². The van der Waals surface area contributed by atoms with Crippen LogP contribution in [-0.4, -0.2) is 5.78 Å². The molecule has 0 bridgehead atoms. The number of rotatable bonds is 3. The van der Waals surface area contributed by atoms with Crippen LogP contribution in [0.3, 0.4) is 0 Å². The molecule has 0 heterocycles. The number of hydrogen-bond acceptors (Lipinski definition) is 4. The summed E-state index contributed by atoms with van der Waals surface area (Å²) in [7, 11) is 0. The second kappa shape index (κ2) is 8.63. The SMILES string of the molecule is N#C/C(=C1/C=CC(=O)C=C1Oc1cccc(C(F)(F)F)c1)c1c(F)c(F)c(C#N)c(F)c1F. The van der Waals surface area contributed by atoms with Crippen molar-refractivity contribution in [2.75, 3.05) is 0 Å². The smallest absolute Gasteiger partial charge is 0.416 e. The zero-order valence-electron chi connectivity index (χ0n) is 15.9. The van der Waals surface area contributed by atoms with E-state index in [0.717, 1.165) is 36.4 Å². The number of nitriles is 2. The van der Waals surface area contributed by atoms with Crippen LogP contribution in [0, 0.1) is 45.9 Å². The lowest BCUT2D eigenvalue weighted by molar-refractivity contribution is -0.137.